The Hall–Kier alpha value is -2.32. The van der Waals surface area contributed by atoms with Gasteiger partial charge in [-0.15, -0.1) is 11.3 Å². The summed E-state index contributed by atoms with van der Waals surface area (Å²) >= 11 is 2.84. The first kappa shape index (κ1) is 16.5. The van der Waals surface area contributed by atoms with Crippen LogP contribution in [0, 0.1) is 6.92 Å². The van der Waals surface area contributed by atoms with E-state index in [1.165, 1.54) is 23.1 Å². The van der Waals surface area contributed by atoms with Crippen LogP contribution in [0.15, 0.2) is 48.0 Å². The van der Waals surface area contributed by atoms with Crippen molar-refractivity contribution < 1.29 is 9.53 Å². The highest BCUT2D eigenvalue weighted by Crippen LogP contribution is 2.23. The Labute approximate surface area is 147 Å². The molecule has 0 saturated carbocycles. The number of amides is 1. The number of hydrogen-bond acceptors (Lipinski definition) is 6. The molecule has 1 aromatic carbocycles. The number of carbonyl (C=O) groups is 1. The molecule has 24 heavy (non-hydrogen) atoms. The van der Waals surface area contributed by atoms with Crippen LogP contribution in [-0.4, -0.2) is 33.3 Å². The lowest BCUT2D eigenvalue weighted by Gasteiger charge is -2.08. The number of anilines is 1. The van der Waals surface area contributed by atoms with Crippen LogP contribution in [0.25, 0.3) is 5.69 Å². The number of aryl methyl sites for hydroxylation is 1. The number of hydrogen-bond donors (Lipinski definition) is 1. The normalized spacial score (nSPS) is 10.6. The van der Waals surface area contributed by atoms with Crippen LogP contribution in [-0.2, 0) is 4.79 Å². The third-order valence-electron chi connectivity index (χ3n) is 3.16. The van der Waals surface area contributed by atoms with Crippen molar-refractivity contribution in [2.75, 3.05) is 18.2 Å². The van der Waals surface area contributed by atoms with Gasteiger partial charge in [0.15, 0.2) is 10.3 Å². The molecule has 0 atom stereocenters. The molecule has 2 heterocycles. The van der Waals surface area contributed by atoms with Gasteiger partial charge < -0.3 is 10.1 Å². The molecule has 0 bridgehead atoms. The Morgan fingerprint density at radius 3 is 2.79 bits per heavy atom. The SMILES string of the molecule is COc1ccc(-n2ccnc2SCC(=O)Nc2ncc(C)s2)cc1. The fraction of sp³-hybridized carbons (Fsp3) is 0.188. The average Bonchev–Trinajstić information content (AvgIpc) is 3.22. The van der Waals surface area contributed by atoms with Crippen molar-refractivity contribution in [1.82, 2.24) is 14.5 Å². The van der Waals surface area contributed by atoms with Crippen molar-refractivity contribution in [2.45, 2.75) is 12.1 Å². The van der Waals surface area contributed by atoms with Crippen molar-refractivity contribution >= 4 is 34.1 Å². The van der Waals surface area contributed by atoms with Crippen molar-refractivity contribution in [3.8, 4) is 11.4 Å². The molecule has 2 aromatic heterocycles. The number of nitrogens with zero attached hydrogens (tertiary/aromatic N) is 3. The van der Waals surface area contributed by atoms with Crippen LogP contribution in [0.5, 0.6) is 5.75 Å². The summed E-state index contributed by atoms with van der Waals surface area (Å²) in [7, 11) is 1.63. The molecule has 0 aliphatic rings. The Balaban J connectivity index is 1.63. The van der Waals surface area contributed by atoms with Gasteiger partial charge in [-0.05, 0) is 31.2 Å². The largest absolute Gasteiger partial charge is 0.497 e. The van der Waals surface area contributed by atoms with Crippen LogP contribution < -0.4 is 10.1 Å². The second-order valence-corrected chi connectivity index (χ2v) is 7.07. The minimum absolute atomic E-state index is 0.0985. The highest BCUT2D eigenvalue weighted by atomic mass is 32.2. The zero-order chi connectivity index (χ0) is 16.9. The van der Waals surface area contributed by atoms with Gasteiger partial charge in [-0.1, -0.05) is 11.8 Å². The highest BCUT2D eigenvalue weighted by Gasteiger charge is 2.10. The van der Waals surface area contributed by atoms with E-state index in [1.54, 1.807) is 19.5 Å². The third-order valence-corrected chi connectivity index (χ3v) is 4.95. The molecular weight excluding hydrogens is 344 g/mol. The summed E-state index contributed by atoms with van der Waals surface area (Å²) in [4.78, 5) is 21.5. The number of thiazole rings is 1. The van der Waals surface area contributed by atoms with Crippen LogP contribution in [0.1, 0.15) is 4.88 Å². The minimum atomic E-state index is -0.0985. The van der Waals surface area contributed by atoms with Gasteiger partial charge in [0, 0.05) is 29.2 Å². The molecule has 0 aliphatic heterocycles. The van der Waals surface area contributed by atoms with Crippen LogP contribution >= 0.6 is 23.1 Å². The smallest absolute Gasteiger partial charge is 0.236 e. The molecule has 3 aromatic rings. The summed E-state index contributed by atoms with van der Waals surface area (Å²) in [5.74, 6) is 0.969. The Kier molecular flexibility index (Phi) is 5.17. The minimum Gasteiger partial charge on any atom is -0.497 e. The first-order valence-electron chi connectivity index (χ1n) is 7.18. The van der Waals surface area contributed by atoms with Crippen LogP contribution in [0.2, 0.25) is 0 Å². The molecule has 124 valence electrons. The van der Waals surface area contributed by atoms with Crippen molar-refractivity contribution in [2.24, 2.45) is 0 Å². The van der Waals surface area contributed by atoms with Gasteiger partial charge >= 0.3 is 0 Å². The van der Waals surface area contributed by atoms with E-state index in [2.05, 4.69) is 15.3 Å². The van der Waals surface area contributed by atoms with Gasteiger partial charge in [0.25, 0.3) is 0 Å². The van der Waals surface area contributed by atoms with E-state index in [4.69, 9.17) is 4.74 Å². The number of imidazole rings is 1. The molecule has 8 heteroatoms. The van der Waals surface area contributed by atoms with Gasteiger partial charge in [0.1, 0.15) is 5.75 Å². The van der Waals surface area contributed by atoms with E-state index in [0.717, 1.165) is 21.5 Å². The lowest BCUT2D eigenvalue weighted by atomic mass is 10.3. The number of rotatable bonds is 6. The van der Waals surface area contributed by atoms with Crippen LogP contribution in [0.3, 0.4) is 0 Å². The molecular formula is C16H16N4O2S2. The first-order chi connectivity index (χ1) is 11.7. The van der Waals surface area contributed by atoms with Gasteiger partial charge in [-0.2, -0.15) is 0 Å². The highest BCUT2D eigenvalue weighted by molar-refractivity contribution is 7.99. The van der Waals surface area contributed by atoms with Gasteiger partial charge in [-0.25, -0.2) is 9.97 Å². The molecule has 0 saturated heterocycles. The maximum Gasteiger partial charge on any atom is 0.236 e. The molecule has 0 fully saturated rings. The van der Waals surface area contributed by atoms with Crippen LogP contribution in [0.4, 0.5) is 5.13 Å². The third kappa shape index (κ3) is 3.95. The number of thioether (sulfide) groups is 1. The van der Waals surface area contributed by atoms with Gasteiger partial charge in [-0.3, -0.25) is 9.36 Å². The van der Waals surface area contributed by atoms with E-state index < -0.39 is 0 Å². The Morgan fingerprint density at radius 1 is 1.33 bits per heavy atom. The first-order valence-corrected chi connectivity index (χ1v) is 8.99. The summed E-state index contributed by atoms with van der Waals surface area (Å²) < 4.78 is 7.10. The second kappa shape index (κ2) is 7.50. The molecule has 0 aliphatic carbocycles. The molecule has 6 nitrogen and oxygen atoms in total. The van der Waals surface area contributed by atoms with E-state index in [9.17, 15) is 4.79 Å². The lowest BCUT2D eigenvalue weighted by molar-refractivity contribution is -0.113. The molecule has 1 amide bonds. The summed E-state index contributed by atoms with van der Waals surface area (Å²) in [6.07, 6.45) is 5.32. The van der Waals surface area contributed by atoms with Crippen molar-refractivity contribution in [3.63, 3.8) is 0 Å². The quantitative estimate of drug-likeness (QED) is 0.683. The predicted octanol–water partition coefficient (Wildman–Crippen LogP) is 3.38. The van der Waals surface area contributed by atoms with E-state index >= 15 is 0 Å². The molecule has 0 unspecified atom stereocenters. The fourth-order valence-electron chi connectivity index (χ4n) is 2.03. The molecule has 3 rings (SSSR count). The predicted molar refractivity (Wildman–Crippen MR) is 96.3 cm³/mol. The number of nitrogens with one attached hydrogen (secondary N) is 1. The van der Waals surface area contributed by atoms with Gasteiger partial charge in [0.05, 0.1) is 12.9 Å². The fourth-order valence-corrected chi connectivity index (χ4v) is 3.49. The maximum absolute atomic E-state index is 12.0. The van der Waals surface area contributed by atoms with E-state index in [0.29, 0.717) is 5.13 Å². The second-order valence-electron chi connectivity index (χ2n) is 4.89. The van der Waals surface area contributed by atoms with E-state index in [-0.39, 0.29) is 11.7 Å². The summed E-state index contributed by atoms with van der Waals surface area (Å²) in [5.41, 5.74) is 0.965. The number of carbonyl (C=O) groups excluding carboxylic acids is 1. The molecule has 1 N–H and O–H groups in total. The molecule has 0 spiro atoms. The zero-order valence-electron chi connectivity index (χ0n) is 13.2. The lowest BCUT2D eigenvalue weighted by Crippen LogP contribution is -2.14. The zero-order valence-corrected chi connectivity index (χ0v) is 14.9. The maximum atomic E-state index is 12.0. The topological polar surface area (TPSA) is 69.0 Å². The number of benzene rings is 1. The Bertz CT molecular complexity index is 827. The average molecular weight is 360 g/mol. The number of aromatic nitrogens is 3. The summed E-state index contributed by atoms with van der Waals surface area (Å²) in [6, 6.07) is 7.68. The molecule has 0 radical (unpaired) electrons. The van der Waals surface area contributed by atoms with E-state index in [1.807, 2.05) is 42.0 Å². The standard InChI is InChI=1S/C16H16N4O2S2/c1-11-9-18-15(24-11)19-14(21)10-23-16-17-7-8-20(16)12-3-5-13(22-2)6-4-12/h3-9H,10H2,1-2H3,(H,18,19,21). The summed E-state index contributed by atoms with van der Waals surface area (Å²) in [6.45, 7) is 1.95. The van der Waals surface area contributed by atoms with Gasteiger partial charge in [0.2, 0.25) is 5.91 Å². The van der Waals surface area contributed by atoms with Crippen molar-refractivity contribution in [1.29, 1.82) is 0 Å². The Morgan fingerprint density at radius 2 is 2.12 bits per heavy atom. The number of methoxy groups -OCH3 is 1. The monoisotopic (exact) mass is 360 g/mol. The summed E-state index contributed by atoms with van der Waals surface area (Å²) in [5, 5.41) is 4.17. The number of ether oxygens (including phenoxy) is 1. The van der Waals surface area contributed by atoms with Crippen molar-refractivity contribution in [3.05, 3.63) is 47.7 Å².